The van der Waals surface area contributed by atoms with Crippen LogP contribution in [-0.2, 0) is 4.79 Å². The van der Waals surface area contributed by atoms with E-state index in [1.807, 2.05) is 0 Å². The molecular weight excluding hydrogens is 277 g/mol. The van der Waals surface area contributed by atoms with E-state index in [9.17, 15) is 14.0 Å². The van der Waals surface area contributed by atoms with Gasteiger partial charge in [-0.15, -0.1) is 0 Å². The number of hydrogen-bond acceptors (Lipinski definition) is 4. The molecule has 0 spiro atoms. The molecule has 6 nitrogen and oxygen atoms in total. The highest BCUT2D eigenvalue weighted by Gasteiger charge is 2.09. The molecule has 0 radical (unpaired) electrons. The van der Waals surface area contributed by atoms with Crippen LogP contribution in [0.25, 0.3) is 0 Å². The monoisotopic (exact) mass is 297 g/mol. The Morgan fingerprint density at radius 1 is 1.29 bits per heavy atom. The molecule has 0 unspecified atom stereocenters. The van der Waals surface area contributed by atoms with Gasteiger partial charge in [-0.3, -0.25) is 15.0 Å². The molecule has 0 heterocycles. The summed E-state index contributed by atoms with van der Waals surface area (Å²) >= 11 is 0. The van der Waals surface area contributed by atoms with Crippen LogP contribution in [-0.4, -0.2) is 50.1 Å². The van der Waals surface area contributed by atoms with E-state index in [4.69, 9.17) is 4.74 Å². The molecule has 1 aromatic carbocycles. The summed E-state index contributed by atoms with van der Waals surface area (Å²) in [5.74, 6) is -0.136. The van der Waals surface area contributed by atoms with Crippen molar-refractivity contribution in [1.29, 1.82) is 0 Å². The number of rotatable bonds is 7. The van der Waals surface area contributed by atoms with E-state index in [1.54, 1.807) is 18.9 Å². The van der Waals surface area contributed by atoms with Gasteiger partial charge in [0.05, 0.1) is 6.54 Å². The Balaban J connectivity index is 2.21. The molecule has 1 rings (SSSR count). The number of nitrogens with zero attached hydrogens (tertiary/aromatic N) is 1. The molecule has 0 aliphatic heterocycles. The predicted molar refractivity (Wildman–Crippen MR) is 76.6 cm³/mol. The Morgan fingerprint density at radius 2 is 1.95 bits per heavy atom. The van der Waals surface area contributed by atoms with Crippen LogP contribution in [0.2, 0.25) is 0 Å². The predicted octanol–water partition coefficient (Wildman–Crippen LogP) is 0.982. The molecule has 0 saturated heterocycles. The molecule has 0 bridgehead atoms. The molecule has 21 heavy (non-hydrogen) atoms. The molecule has 0 atom stereocenters. The fourth-order valence-electron chi connectivity index (χ4n) is 1.55. The number of carbonyl (C=O) groups is 2. The molecular formula is C14H20FN3O3. The SMILES string of the molecule is CCNC(=O)NC(=O)CN(C)CCOc1ccc(F)cc1. The third-order valence-electron chi connectivity index (χ3n) is 2.56. The quantitative estimate of drug-likeness (QED) is 0.787. The number of benzene rings is 1. The van der Waals surface area contributed by atoms with Gasteiger partial charge in [-0.25, -0.2) is 9.18 Å². The summed E-state index contributed by atoms with van der Waals surface area (Å²) in [7, 11) is 1.74. The van der Waals surface area contributed by atoms with Crippen LogP contribution in [0, 0.1) is 5.82 Å². The summed E-state index contributed by atoms with van der Waals surface area (Å²) in [6.07, 6.45) is 0. The molecule has 0 aromatic heterocycles. The highest BCUT2D eigenvalue weighted by atomic mass is 19.1. The molecule has 0 fully saturated rings. The van der Waals surface area contributed by atoms with Crippen LogP contribution in [0.1, 0.15) is 6.92 Å². The lowest BCUT2D eigenvalue weighted by Crippen LogP contribution is -2.44. The lowest BCUT2D eigenvalue weighted by Gasteiger charge is -2.16. The second kappa shape index (κ2) is 8.91. The van der Waals surface area contributed by atoms with E-state index in [-0.39, 0.29) is 18.3 Å². The van der Waals surface area contributed by atoms with Gasteiger partial charge in [0.2, 0.25) is 5.91 Å². The largest absolute Gasteiger partial charge is 0.492 e. The highest BCUT2D eigenvalue weighted by molar-refractivity contribution is 5.95. The van der Waals surface area contributed by atoms with Crippen molar-refractivity contribution in [2.45, 2.75) is 6.92 Å². The maximum Gasteiger partial charge on any atom is 0.321 e. The lowest BCUT2D eigenvalue weighted by molar-refractivity contribution is -0.120. The first-order valence-electron chi connectivity index (χ1n) is 6.66. The van der Waals surface area contributed by atoms with Gasteiger partial charge in [0, 0.05) is 13.1 Å². The van der Waals surface area contributed by atoms with Crippen molar-refractivity contribution in [3.05, 3.63) is 30.1 Å². The van der Waals surface area contributed by atoms with Gasteiger partial charge in [0.25, 0.3) is 0 Å². The maximum atomic E-state index is 12.7. The normalized spacial score (nSPS) is 10.3. The summed E-state index contributed by atoms with van der Waals surface area (Å²) in [6, 6.07) is 5.21. The van der Waals surface area contributed by atoms with Crippen molar-refractivity contribution >= 4 is 11.9 Å². The van der Waals surface area contributed by atoms with Crippen molar-refractivity contribution in [3.63, 3.8) is 0 Å². The summed E-state index contributed by atoms with van der Waals surface area (Å²) in [5, 5.41) is 4.69. The summed E-state index contributed by atoms with van der Waals surface area (Å²) in [4.78, 5) is 24.4. The average molecular weight is 297 g/mol. The zero-order chi connectivity index (χ0) is 15.7. The van der Waals surface area contributed by atoms with Gasteiger partial charge in [-0.05, 0) is 38.2 Å². The first kappa shape index (κ1) is 16.9. The Bertz CT molecular complexity index is 465. The van der Waals surface area contributed by atoms with Gasteiger partial charge >= 0.3 is 6.03 Å². The van der Waals surface area contributed by atoms with Crippen LogP contribution in [0.4, 0.5) is 9.18 Å². The van der Waals surface area contributed by atoms with E-state index in [0.29, 0.717) is 25.4 Å². The third kappa shape index (κ3) is 7.26. The molecule has 2 N–H and O–H groups in total. The molecule has 0 saturated carbocycles. The minimum atomic E-state index is -0.501. The number of imide groups is 1. The highest BCUT2D eigenvalue weighted by Crippen LogP contribution is 2.10. The minimum absolute atomic E-state index is 0.0872. The van der Waals surface area contributed by atoms with E-state index >= 15 is 0 Å². The van der Waals surface area contributed by atoms with Gasteiger partial charge in [-0.1, -0.05) is 0 Å². The fraction of sp³-hybridized carbons (Fsp3) is 0.429. The number of likely N-dealkylation sites (N-methyl/N-ethyl adjacent to an activating group) is 1. The number of amides is 3. The molecule has 116 valence electrons. The Labute approximate surface area is 123 Å². The molecule has 0 aliphatic rings. The van der Waals surface area contributed by atoms with Gasteiger partial charge in [0.1, 0.15) is 18.2 Å². The van der Waals surface area contributed by atoms with Crippen molar-refractivity contribution in [2.24, 2.45) is 0 Å². The van der Waals surface area contributed by atoms with Crippen molar-refractivity contribution in [2.75, 3.05) is 33.3 Å². The Morgan fingerprint density at radius 3 is 2.57 bits per heavy atom. The second-order valence-corrected chi connectivity index (χ2v) is 4.45. The average Bonchev–Trinajstić information content (AvgIpc) is 2.41. The van der Waals surface area contributed by atoms with Crippen molar-refractivity contribution in [1.82, 2.24) is 15.5 Å². The Kier molecular flexibility index (Phi) is 7.17. The van der Waals surface area contributed by atoms with E-state index in [1.165, 1.54) is 24.3 Å². The van der Waals surface area contributed by atoms with Crippen LogP contribution < -0.4 is 15.4 Å². The minimum Gasteiger partial charge on any atom is -0.492 e. The summed E-state index contributed by atoms with van der Waals surface area (Å²) in [6.45, 7) is 3.17. The Hall–Kier alpha value is -2.15. The first-order valence-corrected chi connectivity index (χ1v) is 6.66. The molecule has 3 amide bonds. The first-order chi connectivity index (χ1) is 10.0. The van der Waals surface area contributed by atoms with E-state index < -0.39 is 6.03 Å². The van der Waals surface area contributed by atoms with Crippen LogP contribution >= 0.6 is 0 Å². The fourth-order valence-corrected chi connectivity index (χ4v) is 1.55. The number of urea groups is 1. The maximum absolute atomic E-state index is 12.7. The molecule has 0 aliphatic carbocycles. The van der Waals surface area contributed by atoms with Crippen molar-refractivity contribution < 1.29 is 18.7 Å². The number of carbonyl (C=O) groups excluding carboxylic acids is 2. The number of nitrogens with one attached hydrogen (secondary N) is 2. The lowest BCUT2D eigenvalue weighted by atomic mass is 10.3. The number of halogens is 1. The smallest absolute Gasteiger partial charge is 0.321 e. The molecule has 1 aromatic rings. The van der Waals surface area contributed by atoms with Crippen LogP contribution in [0.3, 0.4) is 0 Å². The summed E-state index contributed by atoms with van der Waals surface area (Å²) < 4.78 is 18.1. The summed E-state index contributed by atoms with van der Waals surface area (Å²) in [5.41, 5.74) is 0. The zero-order valence-corrected chi connectivity index (χ0v) is 12.2. The van der Waals surface area contributed by atoms with Gasteiger partial charge in [-0.2, -0.15) is 0 Å². The number of hydrogen-bond donors (Lipinski definition) is 2. The zero-order valence-electron chi connectivity index (χ0n) is 12.2. The topological polar surface area (TPSA) is 70.7 Å². The van der Waals surface area contributed by atoms with E-state index in [2.05, 4.69) is 10.6 Å². The standard InChI is InChI=1S/C14H20FN3O3/c1-3-16-14(20)17-13(19)10-18(2)8-9-21-12-6-4-11(15)5-7-12/h4-7H,3,8-10H2,1-2H3,(H2,16,17,19,20). The van der Waals surface area contributed by atoms with Gasteiger partial charge < -0.3 is 10.1 Å². The number of ether oxygens (including phenoxy) is 1. The van der Waals surface area contributed by atoms with E-state index in [0.717, 1.165) is 0 Å². The second-order valence-electron chi connectivity index (χ2n) is 4.45. The molecule has 7 heteroatoms. The van der Waals surface area contributed by atoms with Crippen LogP contribution in [0.15, 0.2) is 24.3 Å². The van der Waals surface area contributed by atoms with Crippen molar-refractivity contribution in [3.8, 4) is 5.75 Å². The third-order valence-corrected chi connectivity index (χ3v) is 2.56. The van der Waals surface area contributed by atoms with Gasteiger partial charge in [0.15, 0.2) is 0 Å². The van der Waals surface area contributed by atoms with Crippen LogP contribution in [0.5, 0.6) is 5.75 Å².